The number of alkyl halides is 1. The summed E-state index contributed by atoms with van der Waals surface area (Å²) in [5.74, 6) is 1.52. The molecule has 1 aliphatic rings. The molecular weight excluding hydrogens is 246 g/mol. The fourth-order valence-corrected chi connectivity index (χ4v) is 2.62. The summed E-state index contributed by atoms with van der Waals surface area (Å²) in [6.07, 6.45) is 2.96. The van der Waals surface area contributed by atoms with Crippen LogP contribution in [0.25, 0.3) is 11.0 Å². The molecule has 1 fully saturated rings. The minimum atomic E-state index is 0.201. The summed E-state index contributed by atoms with van der Waals surface area (Å²) in [5.41, 5.74) is 1.88. The molecule has 1 aromatic carbocycles. The van der Waals surface area contributed by atoms with E-state index >= 15 is 0 Å². The van der Waals surface area contributed by atoms with Crippen LogP contribution in [0.2, 0.25) is 0 Å². The van der Waals surface area contributed by atoms with Crippen LogP contribution in [0.15, 0.2) is 30.5 Å². The van der Waals surface area contributed by atoms with Gasteiger partial charge in [-0.25, -0.2) is 4.98 Å². The van der Waals surface area contributed by atoms with Crippen molar-refractivity contribution in [2.24, 2.45) is 5.92 Å². The number of para-hydroxylation sites is 2. The standard InChI is InChI=1S/C14H16ClN3/c1-10-6-7-18(9-11(10)15)14-8-16-12-4-2-3-5-13(12)17-14/h2-5,8,10-11H,6-7,9H2,1H3. The SMILES string of the molecule is CC1CCN(c2cnc3ccccc3n2)CC1Cl. The molecule has 2 unspecified atom stereocenters. The number of hydrogen-bond donors (Lipinski definition) is 0. The molecule has 1 aromatic heterocycles. The number of nitrogens with zero attached hydrogens (tertiary/aromatic N) is 3. The van der Waals surface area contributed by atoms with E-state index in [0.717, 1.165) is 36.4 Å². The quantitative estimate of drug-likeness (QED) is 0.739. The lowest BCUT2D eigenvalue weighted by Crippen LogP contribution is -2.40. The number of aromatic nitrogens is 2. The normalized spacial score (nSPS) is 24.4. The van der Waals surface area contributed by atoms with E-state index in [1.807, 2.05) is 30.5 Å². The van der Waals surface area contributed by atoms with Crippen LogP contribution in [0.5, 0.6) is 0 Å². The van der Waals surface area contributed by atoms with Crippen molar-refractivity contribution in [3.05, 3.63) is 30.5 Å². The zero-order chi connectivity index (χ0) is 12.5. The molecule has 0 bridgehead atoms. The maximum atomic E-state index is 6.34. The predicted molar refractivity (Wildman–Crippen MR) is 75.2 cm³/mol. The third-order valence-electron chi connectivity index (χ3n) is 3.63. The molecule has 1 aliphatic heterocycles. The molecule has 0 amide bonds. The predicted octanol–water partition coefficient (Wildman–Crippen LogP) is 3.08. The first-order valence-electron chi connectivity index (χ1n) is 6.35. The second-order valence-corrected chi connectivity index (χ2v) is 5.51. The van der Waals surface area contributed by atoms with E-state index in [2.05, 4.69) is 21.8 Å². The molecule has 0 saturated carbocycles. The first-order valence-corrected chi connectivity index (χ1v) is 6.78. The number of hydrogen-bond acceptors (Lipinski definition) is 3. The number of halogens is 1. The van der Waals surface area contributed by atoms with Gasteiger partial charge in [-0.3, -0.25) is 4.98 Å². The summed E-state index contributed by atoms with van der Waals surface area (Å²) in [7, 11) is 0. The minimum Gasteiger partial charge on any atom is -0.354 e. The molecule has 2 atom stereocenters. The lowest BCUT2D eigenvalue weighted by molar-refractivity contribution is 0.444. The maximum absolute atomic E-state index is 6.34. The van der Waals surface area contributed by atoms with E-state index in [0.29, 0.717) is 5.92 Å². The van der Waals surface area contributed by atoms with Gasteiger partial charge in [0.1, 0.15) is 5.82 Å². The fourth-order valence-electron chi connectivity index (χ4n) is 2.33. The summed E-state index contributed by atoms with van der Waals surface area (Å²) >= 11 is 6.34. The van der Waals surface area contributed by atoms with Gasteiger partial charge in [-0.1, -0.05) is 19.1 Å². The number of fused-ring (bicyclic) bond motifs is 1. The Labute approximate surface area is 112 Å². The molecule has 1 saturated heterocycles. The summed E-state index contributed by atoms with van der Waals surface area (Å²) in [4.78, 5) is 11.3. The van der Waals surface area contributed by atoms with Gasteiger partial charge in [0.05, 0.1) is 22.6 Å². The Balaban J connectivity index is 1.90. The monoisotopic (exact) mass is 261 g/mol. The van der Waals surface area contributed by atoms with Crippen molar-refractivity contribution < 1.29 is 0 Å². The van der Waals surface area contributed by atoms with Crippen LogP contribution >= 0.6 is 11.6 Å². The van der Waals surface area contributed by atoms with Crippen LogP contribution < -0.4 is 4.90 Å². The average molecular weight is 262 g/mol. The van der Waals surface area contributed by atoms with Gasteiger partial charge in [0.2, 0.25) is 0 Å². The fraction of sp³-hybridized carbons (Fsp3) is 0.429. The first-order chi connectivity index (χ1) is 8.74. The van der Waals surface area contributed by atoms with Gasteiger partial charge < -0.3 is 4.90 Å². The van der Waals surface area contributed by atoms with Crippen molar-refractivity contribution in [2.75, 3.05) is 18.0 Å². The molecule has 0 aliphatic carbocycles. The summed E-state index contributed by atoms with van der Waals surface area (Å²) in [6, 6.07) is 7.95. The van der Waals surface area contributed by atoms with E-state index in [1.165, 1.54) is 0 Å². The van der Waals surface area contributed by atoms with Crippen LogP contribution in [-0.4, -0.2) is 28.4 Å². The smallest absolute Gasteiger partial charge is 0.147 e. The number of piperidine rings is 1. The van der Waals surface area contributed by atoms with Gasteiger partial charge in [0, 0.05) is 13.1 Å². The maximum Gasteiger partial charge on any atom is 0.147 e. The molecular formula is C14H16ClN3. The Hall–Kier alpha value is -1.35. The summed E-state index contributed by atoms with van der Waals surface area (Å²) in [5, 5.41) is 0.201. The molecule has 0 radical (unpaired) electrons. The summed E-state index contributed by atoms with van der Waals surface area (Å²) < 4.78 is 0. The molecule has 2 heterocycles. The highest BCUT2D eigenvalue weighted by Crippen LogP contribution is 2.25. The van der Waals surface area contributed by atoms with Gasteiger partial charge in [-0.05, 0) is 24.5 Å². The number of rotatable bonds is 1. The van der Waals surface area contributed by atoms with E-state index in [9.17, 15) is 0 Å². The Kier molecular flexibility index (Phi) is 3.08. The van der Waals surface area contributed by atoms with Crippen molar-refractivity contribution in [3.63, 3.8) is 0 Å². The van der Waals surface area contributed by atoms with Crippen molar-refractivity contribution in [3.8, 4) is 0 Å². The van der Waals surface area contributed by atoms with Crippen LogP contribution in [0.1, 0.15) is 13.3 Å². The van der Waals surface area contributed by atoms with E-state index in [-0.39, 0.29) is 5.38 Å². The van der Waals surface area contributed by atoms with Crippen molar-refractivity contribution in [1.29, 1.82) is 0 Å². The average Bonchev–Trinajstić information content (AvgIpc) is 2.41. The zero-order valence-corrected chi connectivity index (χ0v) is 11.1. The van der Waals surface area contributed by atoms with Crippen molar-refractivity contribution in [1.82, 2.24) is 9.97 Å². The van der Waals surface area contributed by atoms with Crippen molar-refractivity contribution >= 4 is 28.5 Å². The van der Waals surface area contributed by atoms with Crippen LogP contribution in [-0.2, 0) is 0 Å². The van der Waals surface area contributed by atoms with Gasteiger partial charge in [-0.2, -0.15) is 0 Å². The first kappa shape index (κ1) is 11.7. The number of anilines is 1. The minimum absolute atomic E-state index is 0.201. The van der Waals surface area contributed by atoms with Crippen LogP contribution in [0.3, 0.4) is 0 Å². The zero-order valence-electron chi connectivity index (χ0n) is 10.4. The van der Waals surface area contributed by atoms with Crippen LogP contribution in [0, 0.1) is 5.92 Å². The van der Waals surface area contributed by atoms with E-state index in [1.54, 1.807) is 0 Å². The molecule has 94 valence electrons. The molecule has 3 nitrogen and oxygen atoms in total. The number of benzene rings is 1. The molecule has 18 heavy (non-hydrogen) atoms. The van der Waals surface area contributed by atoms with E-state index < -0.39 is 0 Å². The third-order valence-corrected chi connectivity index (χ3v) is 4.19. The largest absolute Gasteiger partial charge is 0.354 e. The highest BCUT2D eigenvalue weighted by atomic mass is 35.5. The second kappa shape index (κ2) is 4.73. The molecule has 4 heteroatoms. The Morgan fingerprint density at radius 1 is 1.28 bits per heavy atom. The Morgan fingerprint density at radius 2 is 2.06 bits per heavy atom. The lowest BCUT2D eigenvalue weighted by atomic mass is 9.99. The molecule has 0 spiro atoms. The third kappa shape index (κ3) is 2.15. The molecule has 2 aromatic rings. The Bertz CT molecular complexity index is 557. The Morgan fingerprint density at radius 3 is 2.83 bits per heavy atom. The van der Waals surface area contributed by atoms with E-state index in [4.69, 9.17) is 11.6 Å². The molecule has 3 rings (SSSR count). The lowest BCUT2D eigenvalue weighted by Gasteiger charge is -2.34. The van der Waals surface area contributed by atoms with Gasteiger partial charge in [0.25, 0.3) is 0 Å². The second-order valence-electron chi connectivity index (χ2n) is 4.94. The topological polar surface area (TPSA) is 29.0 Å². The van der Waals surface area contributed by atoms with Gasteiger partial charge in [-0.15, -0.1) is 11.6 Å². The van der Waals surface area contributed by atoms with Gasteiger partial charge >= 0.3 is 0 Å². The molecule has 0 N–H and O–H groups in total. The van der Waals surface area contributed by atoms with Gasteiger partial charge in [0.15, 0.2) is 0 Å². The van der Waals surface area contributed by atoms with Crippen molar-refractivity contribution in [2.45, 2.75) is 18.7 Å². The summed E-state index contributed by atoms with van der Waals surface area (Å²) in [6.45, 7) is 4.08. The highest BCUT2D eigenvalue weighted by Gasteiger charge is 2.25. The van der Waals surface area contributed by atoms with Crippen LogP contribution in [0.4, 0.5) is 5.82 Å². The highest BCUT2D eigenvalue weighted by molar-refractivity contribution is 6.21.